The Hall–Kier alpha value is -2.36. The smallest absolute Gasteiger partial charge is 0.228 e. The molecule has 134 valence electrons. The van der Waals surface area contributed by atoms with Gasteiger partial charge in [-0.25, -0.2) is 4.98 Å². The Morgan fingerprint density at radius 2 is 1.72 bits per heavy atom. The van der Waals surface area contributed by atoms with Crippen LogP contribution in [0.2, 0.25) is 0 Å². The molecule has 2 rings (SSSR count). The number of nitrogens with zero attached hydrogens (tertiary/aromatic N) is 1. The zero-order chi connectivity index (χ0) is 18.4. The molecule has 25 heavy (non-hydrogen) atoms. The maximum Gasteiger partial charge on any atom is 0.228 e. The number of carbonyl (C=O) groups is 1. The molecule has 1 N–H and O–H groups in total. The second-order valence-electron chi connectivity index (χ2n) is 6.40. The molecule has 0 bridgehead atoms. The summed E-state index contributed by atoms with van der Waals surface area (Å²) in [6, 6.07) is 10.1. The highest BCUT2D eigenvalue weighted by Crippen LogP contribution is 2.30. The number of rotatable bonds is 7. The van der Waals surface area contributed by atoms with Crippen LogP contribution in [0.5, 0.6) is 5.75 Å². The largest absolute Gasteiger partial charge is 0.487 e. The molecule has 1 amide bonds. The van der Waals surface area contributed by atoms with Crippen molar-refractivity contribution in [1.29, 1.82) is 0 Å². The fraction of sp³-hybridized carbons (Fsp3) is 0.429. The molecule has 1 aromatic carbocycles. The lowest BCUT2D eigenvalue weighted by Gasteiger charge is -2.18. The van der Waals surface area contributed by atoms with Crippen LogP contribution in [0.25, 0.3) is 0 Å². The molecule has 4 heteroatoms. The van der Waals surface area contributed by atoms with E-state index in [1.807, 2.05) is 65.0 Å². The van der Waals surface area contributed by atoms with Crippen molar-refractivity contribution in [1.82, 2.24) is 4.98 Å². The molecular weight excluding hydrogens is 312 g/mol. The SMILES string of the molecule is CCC(CC)C(=O)Nc1nc(C)c(OCc2ccccc2)c(C)c1C. The summed E-state index contributed by atoms with van der Waals surface area (Å²) in [4.78, 5) is 16.9. The van der Waals surface area contributed by atoms with Crippen LogP contribution in [0.3, 0.4) is 0 Å². The normalized spacial score (nSPS) is 10.8. The minimum absolute atomic E-state index is 0.0239. The Morgan fingerprint density at radius 1 is 1.08 bits per heavy atom. The van der Waals surface area contributed by atoms with Crippen LogP contribution in [-0.2, 0) is 11.4 Å². The zero-order valence-corrected chi connectivity index (χ0v) is 15.8. The van der Waals surface area contributed by atoms with Crippen molar-refractivity contribution in [2.75, 3.05) is 5.32 Å². The molecule has 0 fully saturated rings. The first-order valence-corrected chi connectivity index (χ1v) is 8.93. The molecule has 0 unspecified atom stereocenters. The fourth-order valence-corrected chi connectivity index (χ4v) is 2.86. The Morgan fingerprint density at radius 3 is 2.32 bits per heavy atom. The zero-order valence-electron chi connectivity index (χ0n) is 15.8. The van der Waals surface area contributed by atoms with Crippen LogP contribution in [-0.4, -0.2) is 10.9 Å². The summed E-state index contributed by atoms with van der Waals surface area (Å²) in [5.74, 6) is 1.49. The quantitative estimate of drug-likeness (QED) is 0.775. The monoisotopic (exact) mass is 340 g/mol. The van der Waals surface area contributed by atoms with Crippen molar-refractivity contribution < 1.29 is 9.53 Å². The van der Waals surface area contributed by atoms with Gasteiger partial charge in [0.25, 0.3) is 0 Å². The summed E-state index contributed by atoms with van der Waals surface area (Å²) in [5.41, 5.74) is 3.88. The Balaban J connectivity index is 2.19. The van der Waals surface area contributed by atoms with Crippen molar-refractivity contribution in [2.45, 2.75) is 54.1 Å². The number of carbonyl (C=O) groups excluding carboxylic acids is 1. The van der Waals surface area contributed by atoms with Crippen LogP contribution in [0.4, 0.5) is 5.82 Å². The van der Waals surface area contributed by atoms with Gasteiger partial charge < -0.3 is 10.1 Å². The van der Waals surface area contributed by atoms with E-state index in [2.05, 4.69) is 10.3 Å². The van der Waals surface area contributed by atoms with Gasteiger partial charge in [0, 0.05) is 5.92 Å². The van der Waals surface area contributed by atoms with E-state index in [1.165, 1.54) is 0 Å². The molecule has 0 aliphatic rings. The van der Waals surface area contributed by atoms with E-state index in [0.717, 1.165) is 41.0 Å². The number of anilines is 1. The van der Waals surface area contributed by atoms with Crippen molar-refractivity contribution in [2.24, 2.45) is 5.92 Å². The van der Waals surface area contributed by atoms with E-state index in [4.69, 9.17) is 4.74 Å². The predicted molar refractivity (Wildman–Crippen MR) is 102 cm³/mol. The van der Waals surface area contributed by atoms with Gasteiger partial charge in [0.05, 0.1) is 5.69 Å². The summed E-state index contributed by atoms with van der Waals surface area (Å²) < 4.78 is 6.01. The number of ether oxygens (including phenoxy) is 1. The summed E-state index contributed by atoms with van der Waals surface area (Å²) in [6.07, 6.45) is 1.66. The van der Waals surface area contributed by atoms with Gasteiger partial charge in [0.2, 0.25) is 5.91 Å². The molecule has 0 spiro atoms. The number of benzene rings is 1. The number of hydrogen-bond acceptors (Lipinski definition) is 3. The van der Waals surface area contributed by atoms with Gasteiger partial charge >= 0.3 is 0 Å². The summed E-state index contributed by atoms with van der Waals surface area (Å²) in [6.45, 7) is 10.5. The van der Waals surface area contributed by atoms with Gasteiger partial charge in [-0.1, -0.05) is 44.2 Å². The third kappa shape index (κ3) is 4.59. The Labute approximate surface area is 150 Å². The number of aryl methyl sites for hydroxylation is 1. The number of pyridine rings is 1. The van der Waals surface area contributed by atoms with Crippen molar-refractivity contribution in [3.05, 3.63) is 52.7 Å². The van der Waals surface area contributed by atoms with Crippen LogP contribution in [0.15, 0.2) is 30.3 Å². The van der Waals surface area contributed by atoms with Gasteiger partial charge in [0.1, 0.15) is 18.2 Å². The van der Waals surface area contributed by atoms with E-state index in [9.17, 15) is 4.79 Å². The fourth-order valence-electron chi connectivity index (χ4n) is 2.86. The summed E-state index contributed by atoms with van der Waals surface area (Å²) >= 11 is 0. The maximum absolute atomic E-state index is 12.4. The second-order valence-corrected chi connectivity index (χ2v) is 6.40. The minimum Gasteiger partial charge on any atom is -0.487 e. The number of nitrogens with one attached hydrogen (secondary N) is 1. The molecule has 4 nitrogen and oxygen atoms in total. The van der Waals surface area contributed by atoms with Gasteiger partial charge in [-0.05, 0) is 50.3 Å². The standard InChI is InChI=1S/C21H28N2O2/c1-6-18(7-2)21(24)23-20-15(4)14(3)19(16(5)22-20)25-13-17-11-9-8-10-12-17/h8-12,18H,6-7,13H2,1-5H3,(H,22,23,24). The van der Waals surface area contributed by atoms with Gasteiger partial charge in [-0.2, -0.15) is 0 Å². The molecule has 0 aliphatic heterocycles. The van der Waals surface area contributed by atoms with E-state index >= 15 is 0 Å². The molecular formula is C21H28N2O2. The van der Waals surface area contributed by atoms with Gasteiger partial charge in [0.15, 0.2) is 0 Å². The molecule has 0 saturated heterocycles. The Kier molecular flexibility index (Phi) is 6.57. The van der Waals surface area contributed by atoms with Crippen LogP contribution in [0.1, 0.15) is 49.1 Å². The van der Waals surface area contributed by atoms with Crippen LogP contribution in [0, 0.1) is 26.7 Å². The minimum atomic E-state index is 0.0239. The number of hydrogen-bond donors (Lipinski definition) is 1. The molecule has 1 heterocycles. The molecule has 0 saturated carbocycles. The lowest BCUT2D eigenvalue weighted by molar-refractivity contribution is -0.120. The highest BCUT2D eigenvalue weighted by molar-refractivity contribution is 5.92. The highest BCUT2D eigenvalue weighted by atomic mass is 16.5. The lowest BCUT2D eigenvalue weighted by Crippen LogP contribution is -2.23. The third-order valence-electron chi connectivity index (χ3n) is 4.69. The number of amides is 1. The van der Waals surface area contributed by atoms with E-state index in [-0.39, 0.29) is 11.8 Å². The van der Waals surface area contributed by atoms with E-state index in [0.29, 0.717) is 12.4 Å². The number of aromatic nitrogens is 1. The van der Waals surface area contributed by atoms with Crippen LogP contribution >= 0.6 is 0 Å². The van der Waals surface area contributed by atoms with Crippen molar-refractivity contribution in [3.63, 3.8) is 0 Å². The first-order chi connectivity index (χ1) is 12.0. The predicted octanol–water partition coefficient (Wildman–Crippen LogP) is 4.96. The summed E-state index contributed by atoms with van der Waals surface area (Å²) in [7, 11) is 0. The van der Waals surface area contributed by atoms with Gasteiger partial charge in [-0.3, -0.25) is 4.79 Å². The lowest BCUT2D eigenvalue weighted by atomic mass is 10.0. The average Bonchev–Trinajstić information content (AvgIpc) is 2.61. The molecule has 1 aromatic heterocycles. The third-order valence-corrected chi connectivity index (χ3v) is 4.69. The summed E-state index contributed by atoms with van der Waals surface area (Å²) in [5, 5.41) is 2.99. The molecule has 0 radical (unpaired) electrons. The van der Waals surface area contributed by atoms with Crippen LogP contribution < -0.4 is 10.1 Å². The molecule has 0 atom stereocenters. The molecule has 2 aromatic rings. The first kappa shape index (κ1) is 19.0. The molecule has 0 aliphatic carbocycles. The first-order valence-electron chi connectivity index (χ1n) is 8.93. The van der Waals surface area contributed by atoms with Gasteiger partial charge in [-0.15, -0.1) is 0 Å². The van der Waals surface area contributed by atoms with E-state index < -0.39 is 0 Å². The second kappa shape index (κ2) is 8.65. The maximum atomic E-state index is 12.4. The van der Waals surface area contributed by atoms with Crippen molar-refractivity contribution in [3.8, 4) is 5.75 Å². The van der Waals surface area contributed by atoms with Crippen molar-refractivity contribution >= 4 is 11.7 Å². The topological polar surface area (TPSA) is 51.2 Å². The van der Waals surface area contributed by atoms with E-state index in [1.54, 1.807) is 0 Å². The highest BCUT2D eigenvalue weighted by Gasteiger charge is 2.19. The average molecular weight is 340 g/mol. The Bertz CT molecular complexity index is 722.